The second kappa shape index (κ2) is 5.21. The van der Waals surface area contributed by atoms with E-state index in [1.165, 1.54) is 0 Å². The molecule has 0 aliphatic heterocycles. The van der Waals surface area contributed by atoms with Crippen LogP contribution in [0.15, 0.2) is 24.5 Å². The lowest BCUT2D eigenvalue weighted by Gasteiger charge is -2.06. The van der Waals surface area contributed by atoms with Crippen LogP contribution < -0.4 is 5.73 Å². The molecule has 0 aromatic carbocycles. The van der Waals surface area contributed by atoms with Gasteiger partial charge in [0.05, 0.1) is 5.02 Å². The van der Waals surface area contributed by atoms with Gasteiger partial charge in [-0.25, -0.2) is 9.97 Å². The Morgan fingerprint density at radius 2 is 2.06 bits per heavy atom. The summed E-state index contributed by atoms with van der Waals surface area (Å²) in [6, 6.07) is 3.58. The van der Waals surface area contributed by atoms with Crippen molar-refractivity contribution in [2.24, 2.45) is 5.73 Å². The summed E-state index contributed by atoms with van der Waals surface area (Å²) in [5, 5.41) is 0.600. The fourth-order valence-electron chi connectivity index (χ4n) is 1.55. The van der Waals surface area contributed by atoms with Gasteiger partial charge in [-0.1, -0.05) is 18.5 Å². The van der Waals surface area contributed by atoms with E-state index in [1.54, 1.807) is 24.5 Å². The van der Waals surface area contributed by atoms with Gasteiger partial charge >= 0.3 is 0 Å². The van der Waals surface area contributed by atoms with Crippen LogP contribution in [0.25, 0.3) is 11.5 Å². The van der Waals surface area contributed by atoms with Crippen molar-refractivity contribution in [3.05, 3.63) is 40.8 Å². The predicted octanol–water partition coefficient (Wildman–Crippen LogP) is 2.21. The van der Waals surface area contributed by atoms with Crippen molar-refractivity contribution in [2.45, 2.75) is 19.9 Å². The van der Waals surface area contributed by atoms with E-state index < -0.39 is 0 Å². The van der Waals surface area contributed by atoms with Crippen molar-refractivity contribution in [1.82, 2.24) is 15.0 Å². The number of nitrogens with two attached hydrogens (primary N) is 1. The van der Waals surface area contributed by atoms with Gasteiger partial charge in [-0.2, -0.15) is 0 Å². The maximum atomic E-state index is 5.79. The standard InChI is InChI=1S/C12H13ClN4/c1-2-10-8(5-14)6-16-12(17-10)11-4-3-9(13)7-15-11/h3-4,6-7H,2,5,14H2,1H3. The first kappa shape index (κ1) is 12.0. The highest BCUT2D eigenvalue weighted by atomic mass is 35.5. The van der Waals surface area contributed by atoms with Gasteiger partial charge in [-0.05, 0) is 18.6 Å². The Morgan fingerprint density at radius 3 is 2.65 bits per heavy atom. The smallest absolute Gasteiger partial charge is 0.178 e. The summed E-state index contributed by atoms with van der Waals surface area (Å²) >= 11 is 5.79. The van der Waals surface area contributed by atoms with Gasteiger partial charge in [0.25, 0.3) is 0 Å². The lowest BCUT2D eigenvalue weighted by Crippen LogP contribution is -2.06. The average Bonchev–Trinajstić information content (AvgIpc) is 2.39. The van der Waals surface area contributed by atoms with Crippen LogP contribution in [-0.4, -0.2) is 15.0 Å². The third-order valence-corrected chi connectivity index (χ3v) is 2.69. The highest BCUT2D eigenvalue weighted by Gasteiger charge is 2.07. The molecule has 0 atom stereocenters. The van der Waals surface area contributed by atoms with Crippen LogP contribution in [0.5, 0.6) is 0 Å². The summed E-state index contributed by atoms with van der Waals surface area (Å²) in [6.07, 6.45) is 4.18. The van der Waals surface area contributed by atoms with Gasteiger partial charge in [0.1, 0.15) is 5.69 Å². The van der Waals surface area contributed by atoms with E-state index in [0.717, 1.165) is 17.7 Å². The summed E-state index contributed by atoms with van der Waals surface area (Å²) < 4.78 is 0. The van der Waals surface area contributed by atoms with Crippen molar-refractivity contribution < 1.29 is 0 Å². The van der Waals surface area contributed by atoms with E-state index >= 15 is 0 Å². The van der Waals surface area contributed by atoms with E-state index in [1.807, 2.05) is 6.92 Å². The van der Waals surface area contributed by atoms with Crippen LogP contribution in [0.3, 0.4) is 0 Å². The minimum atomic E-state index is 0.456. The molecule has 2 aromatic rings. The molecule has 2 N–H and O–H groups in total. The summed E-state index contributed by atoms with van der Waals surface area (Å²) in [7, 11) is 0. The van der Waals surface area contributed by atoms with Crippen molar-refractivity contribution in [2.75, 3.05) is 0 Å². The molecule has 0 spiro atoms. The van der Waals surface area contributed by atoms with E-state index in [4.69, 9.17) is 17.3 Å². The monoisotopic (exact) mass is 248 g/mol. The Kier molecular flexibility index (Phi) is 3.66. The van der Waals surface area contributed by atoms with Crippen molar-refractivity contribution >= 4 is 11.6 Å². The predicted molar refractivity (Wildman–Crippen MR) is 67.5 cm³/mol. The first-order valence-electron chi connectivity index (χ1n) is 5.41. The highest BCUT2D eigenvalue weighted by molar-refractivity contribution is 6.30. The van der Waals surface area contributed by atoms with Gasteiger partial charge in [0, 0.05) is 30.2 Å². The van der Waals surface area contributed by atoms with Crippen molar-refractivity contribution in [1.29, 1.82) is 0 Å². The summed E-state index contributed by atoms with van der Waals surface area (Å²) in [5.41, 5.74) is 8.28. The maximum absolute atomic E-state index is 5.79. The molecule has 0 aliphatic rings. The molecule has 2 rings (SSSR count). The number of aryl methyl sites for hydroxylation is 1. The third kappa shape index (κ3) is 2.60. The van der Waals surface area contributed by atoms with E-state index in [9.17, 15) is 0 Å². The van der Waals surface area contributed by atoms with Gasteiger partial charge in [0.2, 0.25) is 0 Å². The molecular weight excluding hydrogens is 236 g/mol. The van der Waals surface area contributed by atoms with Crippen LogP contribution >= 0.6 is 11.6 Å². The zero-order valence-electron chi connectivity index (χ0n) is 9.52. The van der Waals surface area contributed by atoms with Gasteiger partial charge < -0.3 is 5.73 Å². The quantitative estimate of drug-likeness (QED) is 0.905. The van der Waals surface area contributed by atoms with Crippen LogP contribution in [0.4, 0.5) is 0 Å². The number of nitrogens with zero attached hydrogens (tertiary/aromatic N) is 3. The lowest BCUT2D eigenvalue weighted by molar-refractivity contribution is 0.916. The zero-order valence-corrected chi connectivity index (χ0v) is 10.3. The molecule has 0 bridgehead atoms. The van der Waals surface area contributed by atoms with Gasteiger partial charge in [-0.3, -0.25) is 4.98 Å². The molecule has 4 nitrogen and oxygen atoms in total. The molecule has 0 fully saturated rings. The topological polar surface area (TPSA) is 64.7 Å². The van der Waals surface area contributed by atoms with E-state index in [2.05, 4.69) is 15.0 Å². The summed E-state index contributed by atoms with van der Waals surface area (Å²) in [5.74, 6) is 0.607. The Bertz CT molecular complexity index is 510. The summed E-state index contributed by atoms with van der Waals surface area (Å²) in [4.78, 5) is 12.9. The van der Waals surface area contributed by atoms with Crippen LogP contribution in [0, 0.1) is 0 Å². The Balaban J connectivity index is 2.42. The molecule has 2 heterocycles. The zero-order chi connectivity index (χ0) is 12.3. The average molecular weight is 249 g/mol. The maximum Gasteiger partial charge on any atom is 0.178 e. The number of pyridine rings is 1. The molecule has 0 amide bonds. The number of hydrogen-bond donors (Lipinski definition) is 1. The number of rotatable bonds is 3. The second-order valence-electron chi connectivity index (χ2n) is 3.58. The molecule has 88 valence electrons. The lowest BCUT2D eigenvalue weighted by atomic mass is 10.2. The van der Waals surface area contributed by atoms with Crippen LogP contribution in [0.2, 0.25) is 5.02 Å². The molecule has 0 saturated heterocycles. The molecule has 2 aromatic heterocycles. The second-order valence-corrected chi connectivity index (χ2v) is 4.02. The SMILES string of the molecule is CCc1nc(-c2ccc(Cl)cn2)ncc1CN. The first-order valence-corrected chi connectivity index (χ1v) is 5.79. The number of halogens is 1. The third-order valence-electron chi connectivity index (χ3n) is 2.47. The molecule has 17 heavy (non-hydrogen) atoms. The Labute approximate surface area is 105 Å². The van der Waals surface area contributed by atoms with Crippen molar-refractivity contribution in [3.8, 4) is 11.5 Å². The molecule has 0 saturated carbocycles. The fourth-order valence-corrected chi connectivity index (χ4v) is 1.66. The fraction of sp³-hybridized carbons (Fsp3) is 0.250. The van der Waals surface area contributed by atoms with Crippen LogP contribution in [-0.2, 0) is 13.0 Å². The van der Waals surface area contributed by atoms with Gasteiger partial charge in [0.15, 0.2) is 5.82 Å². The number of aromatic nitrogens is 3. The largest absolute Gasteiger partial charge is 0.326 e. The molecule has 0 unspecified atom stereocenters. The Morgan fingerprint density at radius 1 is 1.24 bits per heavy atom. The molecular formula is C12H13ClN4. The van der Waals surface area contributed by atoms with Crippen molar-refractivity contribution in [3.63, 3.8) is 0 Å². The molecule has 0 aliphatic carbocycles. The minimum absolute atomic E-state index is 0.456. The molecule has 5 heteroatoms. The minimum Gasteiger partial charge on any atom is -0.326 e. The molecule has 0 radical (unpaired) electrons. The Hall–Kier alpha value is -1.52. The van der Waals surface area contributed by atoms with Crippen LogP contribution in [0.1, 0.15) is 18.2 Å². The normalized spacial score (nSPS) is 10.5. The van der Waals surface area contributed by atoms with Gasteiger partial charge in [-0.15, -0.1) is 0 Å². The summed E-state index contributed by atoms with van der Waals surface area (Å²) in [6.45, 7) is 2.50. The van der Waals surface area contributed by atoms with E-state index in [-0.39, 0.29) is 0 Å². The number of hydrogen-bond acceptors (Lipinski definition) is 4. The van der Waals surface area contributed by atoms with E-state index in [0.29, 0.717) is 23.1 Å². The first-order chi connectivity index (χ1) is 8.24. The highest BCUT2D eigenvalue weighted by Crippen LogP contribution is 2.16.